The minimum absolute atomic E-state index is 0.609. The molecule has 0 amide bonds. The highest BCUT2D eigenvalue weighted by molar-refractivity contribution is 9.09. The lowest BCUT2D eigenvalue weighted by Gasteiger charge is -2.22. The quantitative estimate of drug-likeness (QED) is 0.729. The summed E-state index contributed by atoms with van der Waals surface area (Å²) in [6.07, 6.45) is 6.87. The maximum absolute atomic E-state index is 4.01. The Morgan fingerprint density at radius 3 is 2.93 bits per heavy atom. The molecule has 0 aliphatic rings. The maximum Gasteiger partial charge on any atom is 0.0945 e. The fourth-order valence-electron chi connectivity index (χ4n) is 1.26. The molecule has 0 aromatic carbocycles. The van der Waals surface area contributed by atoms with Crippen LogP contribution in [0.4, 0.5) is 0 Å². The Bertz CT molecular complexity index is 236. The first-order chi connectivity index (χ1) is 6.74. The van der Waals surface area contributed by atoms with E-state index in [9.17, 15) is 0 Å². The zero-order valence-corrected chi connectivity index (χ0v) is 10.4. The molecule has 0 saturated heterocycles. The van der Waals surface area contributed by atoms with E-state index in [1.165, 1.54) is 6.42 Å². The number of rotatable bonds is 6. The van der Waals surface area contributed by atoms with E-state index >= 15 is 0 Å². The molecule has 0 saturated carbocycles. The molecule has 0 fully saturated rings. The Hall–Kier alpha value is -0.350. The van der Waals surface area contributed by atoms with Crippen LogP contribution in [-0.2, 0) is 6.54 Å². The highest BCUT2D eigenvalue weighted by Gasteiger charge is 2.05. The van der Waals surface area contributed by atoms with Gasteiger partial charge in [-0.3, -0.25) is 0 Å². The summed E-state index contributed by atoms with van der Waals surface area (Å²) in [4.78, 5) is 6.38. The second-order valence-electron chi connectivity index (χ2n) is 3.64. The molecule has 14 heavy (non-hydrogen) atoms. The summed E-state index contributed by atoms with van der Waals surface area (Å²) in [5.74, 6) is 0. The van der Waals surface area contributed by atoms with Gasteiger partial charge in [-0.15, -0.1) is 0 Å². The molecule has 0 bridgehead atoms. The average Bonchev–Trinajstić information content (AvgIpc) is 2.69. The van der Waals surface area contributed by atoms with Crippen molar-refractivity contribution in [3.05, 3.63) is 18.7 Å². The van der Waals surface area contributed by atoms with Crippen LogP contribution in [0.2, 0.25) is 0 Å². The van der Waals surface area contributed by atoms with Gasteiger partial charge < -0.3 is 9.47 Å². The normalized spacial score (nSPS) is 13.4. The third kappa shape index (κ3) is 3.80. The Labute approximate surface area is 94.3 Å². The smallest absolute Gasteiger partial charge is 0.0945 e. The van der Waals surface area contributed by atoms with E-state index in [2.05, 4.69) is 44.4 Å². The van der Waals surface area contributed by atoms with Gasteiger partial charge in [-0.2, -0.15) is 0 Å². The predicted octanol–water partition coefficient (Wildman–Crippen LogP) is 1.99. The number of halogens is 1. The summed E-state index contributed by atoms with van der Waals surface area (Å²) < 4.78 is 2.12. The van der Waals surface area contributed by atoms with Crippen LogP contribution in [0.25, 0.3) is 0 Å². The summed E-state index contributed by atoms with van der Waals surface area (Å²) in [7, 11) is 2.17. The number of hydrogen-bond acceptors (Lipinski definition) is 2. The Morgan fingerprint density at radius 2 is 2.36 bits per heavy atom. The van der Waals surface area contributed by atoms with Crippen molar-refractivity contribution in [1.29, 1.82) is 0 Å². The number of imidazole rings is 1. The zero-order chi connectivity index (χ0) is 10.4. The number of hydrogen-bond donors (Lipinski definition) is 0. The molecule has 0 radical (unpaired) electrons. The molecule has 1 aromatic heterocycles. The van der Waals surface area contributed by atoms with E-state index in [-0.39, 0.29) is 0 Å². The molecule has 1 heterocycles. The van der Waals surface area contributed by atoms with Crippen LogP contribution in [0.1, 0.15) is 13.3 Å². The first-order valence-corrected chi connectivity index (χ1v) is 6.08. The van der Waals surface area contributed by atoms with Crippen LogP contribution < -0.4 is 0 Å². The van der Waals surface area contributed by atoms with Gasteiger partial charge in [0.2, 0.25) is 0 Å². The molecule has 1 aromatic rings. The van der Waals surface area contributed by atoms with Crippen molar-refractivity contribution in [2.24, 2.45) is 0 Å². The second-order valence-corrected chi connectivity index (χ2v) is 4.29. The van der Waals surface area contributed by atoms with E-state index in [0.29, 0.717) is 6.04 Å². The largest absolute Gasteiger partial charge is 0.337 e. The van der Waals surface area contributed by atoms with Crippen molar-refractivity contribution < 1.29 is 0 Å². The van der Waals surface area contributed by atoms with Crippen molar-refractivity contribution >= 4 is 15.9 Å². The average molecular weight is 260 g/mol. The van der Waals surface area contributed by atoms with Crippen molar-refractivity contribution in [3.8, 4) is 0 Å². The Kier molecular flexibility index (Phi) is 5.19. The highest BCUT2D eigenvalue weighted by atomic mass is 79.9. The molecule has 0 spiro atoms. The van der Waals surface area contributed by atoms with Crippen LogP contribution in [-0.4, -0.2) is 39.4 Å². The fourth-order valence-corrected chi connectivity index (χ4v) is 1.75. The van der Waals surface area contributed by atoms with Gasteiger partial charge in [0, 0.05) is 30.3 Å². The third-order valence-corrected chi connectivity index (χ3v) is 3.40. The molecule has 4 heteroatoms. The predicted molar refractivity (Wildman–Crippen MR) is 62.7 cm³/mol. The van der Waals surface area contributed by atoms with Gasteiger partial charge in [0.15, 0.2) is 0 Å². The molecular formula is C10H18BrN3. The molecule has 0 aliphatic heterocycles. The number of aryl methyl sites for hydroxylation is 1. The first kappa shape index (κ1) is 11.7. The summed E-state index contributed by atoms with van der Waals surface area (Å²) >= 11 is 3.49. The lowest BCUT2D eigenvalue weighted by atomic mass is 10.3. The van der Waals surface area contributed by atoms with Crippen LogP contribution in [0.15, 0.2) is 18.7 Å². The van der Waals surface area contributed by atoms with E-state index in [4.69, 9.17) is 0 Å². The lowest BCUT2D eigenvalue weighted by Crippen LogP contribution is -2.31. The van der Waals surface area contributed by atoms with Gasteiger partial charge in [0.05, 0.1) is 6.33 Å². The first-order valence-electron chi connectivity index (χ1n) is 4.96. The molecule has 1 rings (SSSR count). The van der Waals surface area contributed by atoms with Crippen LogP contribution >= 0.6 is 15.9 Å². The van der Waals surface area contributed by atoms with Gasteiger partial charge in [0.1, 0.15) is 0 Å². The maximum atomic E-state index is 4.01. The topological polar surface area (TPSA) is 21.1 Å². The van der Waals surface area contributed by atoms with Crippen LogP contribution in [0, 0.1) is 0 Å². The van der Waals surface area contributed by atoms with Crippen molar-refractivity contribution in [1.82, 2.24) is 14.5 Å². The Morgan fingerprint density at radius 1 is 1.57 bits per heavy atom. The van der Waals surface area contributed by atoms with Crippen molar-refractivity contribution in [3.63, 3.8) is 0 Å². The highest BCUT2D eigenvalue weighted by Crippen LogP contribution is 2.01. The number of aromatic nitrogens is 2. The van der Waals surface area contributed by atoms with Crippen LogP contribution in [0.5, 0.6) is 0 Å². The number of nitrogens with zero attached hydrogens (tertiary/aromatic N) is 3. The molecular weight excluding hydrogens is 242 g/mol. The summed E-state index contributed by atoms with van der Waals surface area (Å²) in [6.45, 7) is 4.41. The van der Waals surface area contributed by atoms with Crippen molar-refractivity contribution in [2.75, 3.05) is 18.9 Å². The second kappa shape index (κ2) is 6.19. The molecule has 3 nitrogen and oxygen atoms in total. The summed E-state index contributed by atoms with van der Waals surface area (Å²) in [6, 6.07) is 0.609. The molecule has 0 N–H and O–H groups in total. The van der Waals surface area contributed by atoms with E-state index in [1.807, 2.05) is 18.7 Å². The molecule has 1 unspecified atom stereocenters. The van der Waals surface area contributed by atoms with Gasteiger partial charge in [-0.25, -0.2) is 4.98 Å². The van der Waals surface area contributed by atoms with Gasteiger partial charge in [0.25, 0.3) is 0 Å². The standard InChI is InChI=1S/C10H18BrN3/c1-10(8-11)13(2)5-3-6-14-7-4-12-9-14/h4,7,9-10H,3,5-6,8H2,1-2H3. The van der Waals surface area contributed by atoms with Gasteiger partial charge in [-0.05, 0) is 26.9 Å². The van der Waals surface area contributed by atoms with Crippen molar-refractivity contribution in [2.45, 2.75) is 25.9 Å². The number of alkyl halides is 1. The van der Waals surface area contributed by atoms with Gasteiger partial charge in [-0.1, -0.05) is 15.9 Å². The van der Waals surface area contributed by atoms with E-state index in [1.54, 1.807) is 0 Å². The van der Waals surface area contributed by atoms with E-state index in [0.717, 1.165) is 18.4 Å². The third-order valence-electron chi connectivity index (χ3n) is 2.46. The molecule has 1 atom stereocenters. The minimum atomic E-state index is 0.609. The Balaban J connectivity index is 2.15. The molecule has 0 aliphatic carbocycles. The monoisotopic (exact) mass is 259 g/mol. The SMILES string of the molecule is CC(CBr)N(C)CCCn1ccnc1. The zero-order valence-electron chi connectivity index (χ0n) is 8.86. The van der Waals surface area contributed by atoms with E-state index < -0.39 is 0 Å². The summed E-state index contributed by atoms with van der Waals surface area (Å²) in [5, 5.41) is 1.04. The van der Waals surface area contributed by atoms with Gasteiger partial charge >= 0.3 is 0 Å². The summed E-state index contributed by atoms with van der Waals surface area (Å²) in [5.41, 5.74) is 0. The fraction of sp³-hybridized carbons (Fsp3) is 0.700. The lowest BCUT2D eigenvalue weighted by molar-refractivity contribution is 0.270. The minimum Gasteiger partial charge on any atom is -0.337 e. The molecule has 80 valence electrons. The van der Waals surface area contributed by atoms with Crippen LogP contribution in [0.3, 0.4) is 0 Å².